The number of halogens is 1. The van der Waals surface area contributed by atoms with Crippen LogP contribution in [0.1, 0.15) is 39.5 Å². The van der Waals surface area contributed by atoms with Gasteiger partial charge in [0.15, 0.2) is 0 Å². The van der Waals surface area contributed by atoms with Crippen LogP contribution in [0.3, 0.4) is 0 Å². The zero-order chi connectivity index (χ0) is 19.9. The summed E-state index contributed by atoms with van der Waals surface area (Å²) in [6, 6.07) is 5.07. The van der Waals surface area contributed by atoms with E-state index in [1.165, 1.54) is 43.5 Å². The van der Waals surface area contributed by atoms with Gasteiger partial charge in [-0.3, -0.25) is 4.79 Å². The van der Waals surface area contributed by atoms with E-state index < -0.39 is 16.1 Å². The summed E-state index contributed by atoms with van der Waals surface area (Å²) in [6.45, 7) is 7.40. The van der Waals surface area contributed by atoms with E-state index >= 15 is 0 Å². The Hall–Kier alpha value is -1.15. The first-order valence-corrected chi connectivity index (χ1v) is 11.4. The highest BCUT2D eigenvalue weighted by Crippen LogP contribution is 2.15. The van der Waals surface area contributed by atoms with E-state index in [2.05, 4.69) is 14.9 Å². The van der Waals surface area contributed by atoms with Crippen molar-refractivity contribution in [1.29, 1.82) is 0 Å². The number of piperidine rings is 1. The quantitative estimate of drug-likeness (QED) is 0.608. The first kappa shape index (κ1) is 22.1. The number of amides is 1. The second-order valence-corrected chi connectivity index (χ2v) is 9.49. The Morgan fingerprint density at radius 3 is 2.37 bits per heavy atom. The lowest BCUT2D eigenvalue weighted by molar-refractivity contribution is -0.123. The van der Waals surface area contributed by atoms with Crippen molar-refractivity contribution in [2.24, 2.45) is 5.92 Å². The third-order valence-electron chi connectivity index (χ3n) is 4.75. The summed E-state index contributed by atoms with van der Waals surface area (Å²) in [5, 5.41) is 3.33. The molecular weight excluding hydrogens is 386 g/mol. The van der Waals surface area contributed by atoms with Crippen LogP contribution in [0.25, 0.3) is 0 Å². The fourth-order valence-corrected chi connectivity index (χ4v) is 4.62. The molecule has 2 N–H and O–H groups in total. The summed E-state index contributed by atoms with van der Waals surface area (Å²) < 4.78 is 27.6. The van der Waals surface area contributed by atoms with E-state index in [1.807, 2.05) is 13.8 Å². The van der Waals surface area contributed by atoms with Crippen LogP contribution in [-0.4, -0.2) is 51.4 Å². The van der Waals surface area contributed by atoms with Crippen LogP contribution in [0, 0.1) is 5.92 Å². The molecule has 6 nitrogen and oxygen atoms in total. The van der Waals surface area contributed by atoms with Crippen LogP contribution >= 0.6 is 11.6 Å². The number of nitrogens with one attached hydrogen (secondary N) is 2. The molecule has 1 aliphatic rings. The maximum atomic E-state index is 12.6. The van der Waals surface area contributed by atoms with Crippen molar-refractivity contribution in [3.8, 4) is 0 Å². The zero-order valence-corrected chi connectivity index (χ0v) is 17.7. The monoisotopic (exact) mass is 415 g/mol. The Labute approximate surface area is 167 Å². The van der Waals surface area contributed by atoms with Gasteiger partial charge in [-0.05, 0) is 69.1 Å². The summed E-state index contributed by atoms with van der Waals surface area (Å²) in [4.78, 5) is 15.0. The molecule has 0 saturated carbocycles. The molecular formula is C19H30ClN3O3S. The lowest BCUT2D eigenvalue weighted by atomic mass is 10.1. The summed E-state index contributed by atoms with van der Waals surface area (Å²) >= 11 is 5.81. The number of benzene rings is 1. The largest absolute Gasteiger partial charge is 0.355 e. The summed E-state index contributed by atoms with van der Waals surface area (Å²) in [5.74, 6) is -0.463. The third kappa shape index (κ3) is 7.07. The van der Waals surface area contributed by atoms with Crippen LogP contribution in [0.5, 0.6) is 0 Å². The second-order valence-electron chi connectivity index (χ2n) is 7.34. The first-order valence-electron chi connectivity index (χ1n) is 9.57. The maximum absolute atomic E-state index is 12.6. The van der Waals surface area contributed by atoms with Gasteiger partial charge in [0.1, 0.15) is 6.04 Å². The Balaban J connectivity index is 1.87. The minimum atomic E-state index is -3.79. The van der Waals surface area contributed by atoms with Gasteiger partial charge in [-0.1, -0.05) is 31.9 Å². The normalized spacial score (nSPS) is 17.0. The summed E-state index contributed by atoms with van der Waals surface area (Å²) in [5.41, 5.74) is 0. The maximum Gasteiger partial charge on any atom is 0.241 e. The van der Waals surface area contributed by atoms with E-state index in [9.17, 15) is 13.2 Å². The molecule has 1 aromatic carbocycles. The van der Waals surface area contributed by atoms with Gasteiger partial charge in [-0.2, -0.15) is 4.72 Å². The van der Waals surface area contributed by atoms with Gasteiger partial charge in [-0.25, -0.2) is 8.42 Å². The molecule has 1 atom stereocenters. The zero-order valence-electron chi connectivity index (χ0n) is 16.1. The molecule has 1 fully saturated rings. The number of nitrogens with zero attached hydrogens (tertiary/aromatic N) is 1. The number of hydrogen-bond donors (Lipinski definition) is 2. The van der Waals surface area contributed by atoms with Crippen LogP contribution in [-0.2, 0) is 14.8 Å². The molecule has 0 aliphatic carbocycles. The Morgan fingerprint density at radius 2 is 1.78 bits per heavy atom. The summed E-state index contributed by atoms with van der Waals surface area (Å²) in [6.07, 6.45) is 4.65. The van der Waals surface area contributed by atoms with Gasteiger partial charge in [0.05, 0.1) is 4.90 Å². The van der Waals surface area contributed by atoms with Crippen LogP contribution in [0.15, 0.2) is 29.2 Å². The van der Waals surface area contributed by atoms with Gasteiger partial charge < -0.3 is 10.2 Å². The molecule has 0 unspecified atom stereocenters. The second kappa shape index (κ2) is 10.4. The molecule has 0 radical (unpaired) electrons. The van der Waals surface area contributed by atoms with Crippen LogP contribution < -0.4 is 10.0 Å². The molecule has 0 bridgehead atoms. The molecule has 1 saturated heterocycles. The Bertz CT molecular complexity index is 701. The van der Waals surface area contributed by atoms with Gasteiger partial charge >= 0.3 is 0 Å². The van der Waals surface area contributed by atoms with Crippen molar-refractivity contribution in [2.75, 3.05) is 26.2 Å². The van der Waals surface area contributed by atoms with Gasteiger partial charge in [0.25, 0.3) is 0 Å². The molecule has 0 spiro atoms. The van der Waals surface area contributed by atoms with Crippen LogP contribution in [0.2, 0.25) is 5.02 Å². The number of likely N-dealkylation sites (tertiary alicyclic amines) is 1. The number of rotatable bonds is 9. The van der Waals surface area contributed by atoms with Crippen molar-refractivity contribution in [1.82, 2.24) is 14.9 Å². The highest BCUT2D eigenvalue weighted by atomic mass is 35.5. The van der Waals surface area contributed by atoms with Crippen molar-refractivity contribution >= 4 is 27.5 Å². The molecule has 1 aromatic rings. The van der Waals surface area contributed by atoms with E-state index in [0.717, 1.165) is 26.1 Å². The minimum Gasteiger partial charge on any atom is -0.355 e. The third-order valence-corrected chi connectivity index (χ3v) is 6.46. The lowest BCUT2D eigenvalue weighted by Crippen LogP contribution is -2.50. The van der Waals surface area contributed by atoms with E-state index in [4.69, 9.17) is 11.6 Å². The average molecular weight is 416 g/mol. The van der Waals surface area contributed by atoms with Crippen molar-refractivity contribution < 1.29 is 13.2 Å². The van der Waals surface area contributed by atoms with Crippen molar-refractivity contribution in [2.45, 2.75) is 50.5 Å². The van der Waals surface area contributed by atoms with Crippen LogP contribution in [0.4, 0.5) is 0 Å². The molecule has 1 amide bonds. The Morgan fingerprint density at radius 1 is 1.15 bits per heavy atom. The van der Waals surface area contributed by atoms with Gasteiger partial charge in [0, 0.05) is 11.6 Å². The highest BCUT2D eigenvalue weighted by Gasteiger charge is 2.28. The van der Waals surface area contributed by atoms with E-state index in [0.29, 0.717) is 11.6 Å². The summed E-state index contributed by atoms with van der Waals surface area (Å²) in [7, 11) is -3.79. The van der Waals surface area contributed by atoms with Crippen molar-refractivity contribution in [3.05, 3.63) is 29.3 Å². The SMILES string of the molecule is CC(C)[C@@H](NS(=O)(=O)c1ccc(Cl)cc1)C(=O)NCCCN1CCCCC1. The van der Waals surface area contributed by atoms with Gasteiger partial charge in [-0.15, -0.1) is 0 Å². The van der Waals surface area contributed by atoms with Gasteiger partial charge in [0.2, 0.25) is 15.9 Å². The number of carbonyl (C=O) groups is 1. The molecule has 27 heavy (non-hydrogen) atoms. The molecule has 1 heterocycles. The standard InChI is InChI=1S/C19H30ClN3O3S/c1-15(2)18(22-27(25,26)17-9-7-16(20)8-10-17)19(24)21-11-6-14-23-12-4-3-5-13-23/h7-10,15,18,22H,3-6,11-14H2,1-2H3,(H,21,24)/t18-/m1/s1. The predicted molar refractivity (Wildman–Crippen MR) is 108 cm³/mol. The fraction of sp³-hybridized carbons (Fsp3) is 0.632. The first-order chi connectivity index (χ1) is 12.8. The Kier molecular flexibility index (Phi) is 8.54. The highest BCUT2D eigenvalue weighted by molar-refractivity contribution is 7.89. The fourth-order valence-electron chi connectivity index (χ4n) is 3.15. The molecule has 0 aromatic heterocycles. The molecule has 8 heteroatoms. The molecule has 2 rings (SSSR count). The number of hydrogen-bond acceptors (Lipinski definition) is 4. The average Bonchev–Trinajstić information content (AvgIpc) is 2.64. The molecule has 152 valence electrons. The van der Waals surface area contributed by atoms with Crippen molar-refractivity contribution in [3.63, 3.8) is 0 Å². The molecule has 1 aliphatic heterocycles. The predicted octanol–water partition coefficient (Wildman–Crippen LogP) is 2.64. The topological polar surface area (TPSA) is 78.5 Å². The number of sulfonamides is 1. The smallest absolute Gasteiger partial charge is 0.241 e. The van der Waals surface area contributed by atoms with E-state index in [1.54, 1.807) is 0 Å². The minimum absolute atomic E-state index is 0.0930. The van der Waals surface area contributed by atoms with E-state index in [-0.39, 0.29) is 16.7 Å². The number of carbonyl (C=O) groups excluding carboxylic acids is 1. The lowest BCUT2D eigenvalue weighted by Gasteiger charge is -2.26.